The lowest BCUT2D eigenvalue weighted by Crippen LogP contribution is -2.31. The highest BCUT2D eigenvalue weighted by Gasteiger charge is 2.40. The third-order valence-corrected chi connectivity index (χ3v) is 5.13. The molecule has 0 nitrogen and oxygen atoms in total. The normalized spacial score (nSPS) is 21.7. The Kier molecular flexibility index (Phi) is 4.71. The summed E-state index contributed by atoms with van der Waals surface area (Å²) >= 11 is 0. The van der Waals surface area contributed by atoms with Gasteiger partial charge in [-0.1, -0.05) is 75.6 Å². The number of terminal acetylenes is 1. The first-order chi connectivity index (χ1) is 10.7. The molecule has 120 valence electrons. The number of rotatable bonds is 2. The fourth-order valence-electron chi connectivity index (χ4n) is 4.06. The molecule has 0 amide bonds. The molecule has 0 fully saturated rings. The molecule has 0 atom stereocenters. The van der Waals surface area contributed by atoms with Crippen molar-refractivity contribution < 1.29 is 0 Å². The Labute approximate surface area is 142 Å². The van der Waals surface area contributed by atoms with Gasteiger partial charge in [0.1, 0.15) is 0 Å². The van der Waals surface area contributed by atoms with Crippen LogP contribution in [0.15, 0.2) is 48.1 Å². The van der Waals surface area contributed by atoms with Gasteiger partial charge in [-0.3, -0.25) is 0 Å². The summed E-state index contributed by atoms with van der Waals surface area (Å²) in [5, 5.41) is 0. The van der Waals surface area contributed by atoms with Crippen LogP contribution in [0.25, 0.3) is 11.1 Å². The first-order valence-electron chi connectivity index (χ1n) is 8.35. The minimum Gasteiger partial charge on any atom is -0.115 e. The molecule has 1 aromatic carbocycles. The maximum Gasteiger partial charge on any atom is 0.0113 e. The van der Waals surface area contributed by atoms with Gasteiger partial charge < -0.3 is 0 Å². The standard InChI is InChI=1S/C23H28/c1-8-10-17(3)18-11-13-19(14-12-18)20-15-16-22(4,5)21(9-2)23(20,6)7/h1,9-15H,16H2,2-7H3/b17-10+,21-9+. The molecule has 0 N–H and O–H groups in total. The van der Waals surface area contributed by atoms with Crippen molar-refractivity contribution in [1.29, 1.82) is 0 Å². The van der Waals surface area contributed by atoms with E-state index in [0.717, 1.165) is 12.0 Å². The van der Waals surface area contributed by atoms with Crippen LogP contribution in [0.2, 0.25) is 0 Å². The third-order valence-electron chi connectivity index (χ3n) is 5.13. The third kappa shape index (κ3) is 3.20. The smallest absolute Gasteiger partial charge is 0.0113 e. The first kappa shape index (κ1) is 17.4. The average molecular weight is 304 g/mol. The maximum atomic E-state index is 5.36. The summed E-state index contributed by atoms with van der Waals surface area (Å²) in [6.07, 6.45) is 13.0. The van der Waals surface area contributed by atoms with E-state index in [1.54, 1.807) is 0 Å². The van der Waals surface area contributed by atoms with E-state index in [1.807, 2.05) is 6.08 Å². The fourth-order valence-corrected chi connectivity index (χ4v) is 4.06. The van der Waals surface area contributed by atoms with Crippen molar-refractivity contribution in [2.75, 3.05) is 0 Å². The summed E-state index contributed by atoms with van der Waals surface area (Å²) in [5.41, 5.74) is 6.86. The molecule has 23 heavy (non-hydrogen) atoms. The zero-order valence-corrected chi connectivity index (χ0v) is 15.3. The molecule has 0 radical (unpaired) electrons. The Bertz CT molecular complexity index is 710. The van der Waals surface area contributed by atoms with E-state index in [4.69, 9.17) is 6.42 Å². The number of allylic oxidation sites excluding steroid dienone is 6. The van der Waals surface area contributed by atoms with Gasteiger partial charge in [-0.2, -0.15) is 0 Å². The lowest BCUT2D eigenvalue weighted by atomic mass is 9.60. The molecule has 1 aromatic rings. The van der Waals surface area contributed by atoms with Crippen molar-refractivity contribution in [2.24, 2.45) is 10.8 Å². The van der Waals surface area contributed by atoms with Crippen molar-refractivity contribution >= 4 is 11.1 Å². The summed E-state index contributed by atoms with van der Waals surface area (Å²) in [6.45, 7) is 13.6. The van der Waals surface area contributed by atoms with Crippen LogP contribution in [0.4, 0.5) is 0 Å². The van der Waals surface area contributed by atoms with Gasteiger partial charge in [-0.25, -0.2) is 0 Å². The molecule has 0 saturated heterocycles. The van der Waals surface area contributed by atoms with Crippen LogP contribution in [-0.2, 0) is 0 Å². The second kappa shape index (κ2) is 6.25. The molecular weight excluding hydrogens is 276 g/mol. The van der Waals surface area contributed by atoms with E-state index in [0.29, 0.717) is 0 Å². The van der Waals surface area contributed by atoms with Gasteiger partial charge in [-0.15, -0.1) is 6.42 Å². The summed E-state index contributed by atoms with van der Waals surface area (Å²) in [5.74, 6) is 2.60. The SMILES string of the molecule is C#C/C=C(\C)c1ccc(C2=CCC(C)(C)/C(=C\C)C2(C)C)cc1. The summed E-state index contributed by atoms with van der Waals surface area (Å²) in [4.78, 5) is 0. The van der Waals surface area contributed by atoms with Crippen LogP contribution < -0.4 is 0 Å². The summed E-state index contributed by atoms with van der Waals surface area (Å²) in [7, 11) is 0. The van der Waals surface area contributed by atoms with Gasteiger partial charge >= 0.3 is 0 Å². The molecule has 0 spiro atoms. The Morgan fingerprint density at radius 3 is 2.26 bits per heavy atom. The highest BCUT2D eigenvalue weighted by atomic mass is 14.4. The predicted octanol–water partition coefficient (Wildman–Crippen LogP) is 6.51. The maximum absolute atomic E-state index is 5.36. The molecule has 2 rings (SSSR count). The molecule has 0 unspecified atom stereocenters. The molecule has 1 aliphatic rings. The van der Waals surface area contributed by atoms with Crippen molar-refractivity contribution in [3.63, 3.8) is 0 Å². The van der Waals surface area contributed by atoms with E-state index in [2.05, 4.69) is 83.9 Å². The van der Waals surface area contributed by atoms with Crippen molar-refractivity contribution in [2.45, 2.75) is 48.0 Å². The monoisotopic (exact) mass is 304 g/mol. The second-order valence-corrected chi connectivity index (χ2v) is 7.60. The second-order valence-electron chi connectivity index (χ2n) is 7.60. The summed E-state index contributed by atoms with van der Waals surface area (Å²) < 4.78 is 0. The van der Waals surface area contributed by atoms with E-state index in [9.17, 15) is 0 Å². The van der Waals surface area contributed by atoms with Gasteiger partial charge in [0.05, 0.1) is 0 Å². The van der Waals surface area contributed by atoms with E-state index < -0.39 is 0 Å². The van der Waals surface area contributed by atoms with E-state index >= 15 is 0 Å². The lowest BCUT2D eigenvalue weighted by molar-refractivity contribution is 0.354. The first-order valence-corrected chi connectivity index (χ1v) is 8.35. The average Bonchev–Trinajstić information content (AvgIpc) is 2.47. The van der Waals surface area contributed by atoms with Crippen LogP contribution >= 0.6 is 0 Å². The number of hydrogen-bond acceptors (Lipinski definition) is 0. The molecular formula is C23H28. The largest absolute Gasteiger partial charge is 0.115 e. The Morgan fingerprint density at radius 2 is 1.74 bits per heavy atom. The fraction of sp³-hybridized carbons (Fsp3) is 0.391. The van der Waals surface area contributed by atoms with Gasteiger partial charge in [-0.05, 0) is 54.0 Å². The topological polar surface area (TPSA) is 0 Å². The molecule has 0 saturated carbocycles. The van der Waals surface area contributed by atoms with Crippen LogP contribution in [-0.4, -0.2) is 0 Å². The van der Waals surface area contributed by atoms with Crippen LogP contribution in [0, 0.1) is 23.2 Å². The Balaban J connectivity index is 2.45. The van der Waals surface area contributed by atoms with Crippen LogP contribution in [0.1, 0.15) is 59.1 Å². The van der Waals surface area contributed by atoms with Gasteiger partial charge in [0.2, 0.25) is 0 Å². The van der Waals surface area contributed by atoms with E-state index in [1.165, 1.54) is 22.3 Å². The Morgan fingerprint density at radius 1 is 1.13 bits per heavy atom. The molecule has 0 aliphatic heterocycles. The molecule has 0 bridgehead atoms. The summed E-state index contributed by atoms with van der Waals surface area (Å²) in [6, 6.07) is 8.79. The lowest BCUT2D eigenvalue weighted by Gasteiger charge is -2.44. The van der Waals surface area contributed by atoms with Crippen molar-refractivity contribution in [3.05, 3.63) is 59.2 Å². The van der Waals surface area contributed by atoms with Crippen molar-refractivity contribution in [3.8, 4) is 12.3 Å². The predicted molar refractivity (Wildman–Crippen MR) is 103 cm³/mol. The molecule has 0 heterocycles. The minimum atomic E-state index is 0.0573. The number of hydrogen-bond donors (Lipinski definition) is 0. The van der Waals surface area contributed by atoms with Crippen LogP contribution in [0.3, 0.4) is 0 Å². The van der Waals surface area contributed by atoms with Gasteiger partial charge in [0.25, 0.3) is 0 Å². The molecule has 0 aromatic heterocycles. The van der Waals surface area contributed by atoms with Crippen molar-refractivity contribution in [1.82, 2.24) is 0 Å². The quantitative estimate of drug-likeness (QED) is 0.431. The van der Waals surface area contributed by atoms with Gasteiger partial charge in [0.15, 0.2) is 0 Å². The highest BCUT2D eigenvalue weighted by molar-refractivity contribution is 5.76. The molecule has 1 aliphatic carbocycles. The molecule has 0 heteroatoms. The van der Waals surface area contributed by atoms with Gasteiger partial charge in [0, 0.05) is 5.41 Å². The van der Waals surface area contributed by atoms with E-state index in [-0.39, 0.29) is 10.8 Å². The zero-order chi connectivity index (χ0) is 17.3. The Hall–Kier alpha value is -2.00. The zero-order valence-electron chi connectivity index (χ0n) is 15.3. The van der Waals surface area contributed by atoms with Crippen LogP contribution in [0.5, 0.6) is 0 Å². The highest BCUT2D eigenvalue weighted by Crippen LogP contribution is 2.53. The minimum absolute atomic E-state index is 0.0573. The number of benzene rings is 1.